The molecule has 7 heteroatoms. The number of piperidine rings is 1. The molecule has 0 aromatic heterocycles. The highest BCUT2D eigenvalue weighted by atomic mass is 32.2. The zero-order valence-corrected chi connectivity index (χ0v) is 18.2. The number of carbonyl (C=O) groups is 1. The molecule has 1 saturated heterocycles. The molecule has 6 nitrogen and oxygen atoms in total. The molecule has 0 radical (unpaired) electrons. The second kappa shape index (κ2) is 7.87. The first-order valence-corrected chi connectivity index (χ1v) is 10.5. The van der Waals surface area contributed by atoms with Crippen molar-refractivity contribution in [1.29, 1.82) is 0 Å². The van der Waals surface area contributed by atoms with Crippen LogP contribution in [-0.4, -0.2) is 52.7 Å². The van der Waals surface area contributed by atoms with Crippen molar-refractivity contribution in [3.63, 3.8) is 0 Å². The largest absolute Gasteiger partial charge is 0.497 e. The standard InChI is InChI=1S/C21H30N4O2S/c1-20(2)12-16(13-21(3,4)24-20)28-19(23-22-5)25-10-9-14-11-15(27-6)7-8-17(14)18(25)26/h7-8,11,16,24H,5,9-10,12-13H2,1-4,6H3/b23-19-. The van der Waals surface area contributed by atoms with Crippen molar-refractivity contribution >= 4 is 29.6 Å². The van der Waals surface area contributed by atoms with Crippen LogP contribution < -0.4 is 10.1 Å². The van der Waals surface area contributed by atoms with E-state index in [-0.39, 0.29) is 17.0 Å². The molecule has 0 saturated carbocycles. The van der Waals surface area contributed by atoms with Gasteiger partial charge in [0.05, 0.1) is 7.11 Å². The molecule has 1 aromatic carbocycles. The van der Waals surface area contributed by atoms with Gasteiger partial charge in [0.25, 0.3) is 5.91 Å². The number of thioether (sulfide) groups is 1. The maximum Gasteiger partial charge on any atom is 0.260 e. The van der Waals surface area contributed by atoms with Gasteiger partial charge >= 0.3 is 0 Å². The van der Waals surface area contributed by atoms with Crippen LogP contribution in [0.1, 0.15) is 56.5 Å². The first-order chi connectivity index (χ1) is 13.1. The molecule has 0 atom stereocenters. The van der Waals surface area contributed by atoms with Gasteiger partial charge in [-0.15, -0.1) is 5.10 Å². The third-order valence-corrected chi connectivity index (χ3v) is 6.38. The summed E-state index contributed by atoms with van der Waals surface area (Å²) in [6, 6.07) is 5.61. The summed E-state index contributed by atoms with van der Waals surface area (Å²) >= 11 is 1.64. The number of rotatable bonds is 3. The minimum absolute atomic E-state index is 0.0290. The Balaban J connectivity index is 1.82. The summed E-state index contributed by atoms with van der Waals surface area (Å²) in [5.41, 5.74) is 1.78. The van der Waals surface area contributed by atoms with E-state index in [1.807, 2.05) is 18.2 Å². The average Bonchev–Trinajstić information content (AvgIpc) is 2.58. The second-order valence-electron chi connectivity index (χ2n) is 8.79. The fourth-order valence-electron chi connectivity index (χ4n) is 4.44. The zero-order valence-electron chi connectivity index (χ0n) is 17.4. The number of carbonyl (C=O) groups excluding carboxylic acids is 1. The van der Waals surface area contributed by atoms with Gasteiger partial charge in [0, 0.05) is 35.2 Å². The third kappa shape index (κ3) is 4.58. The Kier molecular flexibility index (Phi) is 5.87. The van der Waals surface area contributed by atoms with Crippen LogP contribution in [-0.2, 0) is 6.42 Å². The van der Waals surface area contributed by atoms with E-state index in [1.165, 1.54) is 0 Å². The molecular formula is C21H30N4O2S. The van der Waals surface area contributed by atoms with Crippen molar-refractivity contribution in [3.05, 3.63) is 29.3 Å². The van der Waals surface area contributed by atoms with Crippen molar-refractivity contribution in [2.24, 2.45) is 10.2 Å². The highest BCUT2D eigenvalue weighted by Gasteiger charge is 2.40. The summed E-state index contributed by atoms with van der Waals surface area (Å²) in [7, 11) is 1.64. The number of hydrogen-bond acceptors (Lipinski definition) is 6. The molecule has 0 unspecified atom stereocenters. The Bertz CT molecular complexity index is 788. The molecule has 152 valence electrons. The molecule has 1 fully saturated rings. The van der Waals surface area contributed by atoms with Crippen LogP contribution >= 0.6 is 11.8 Å². The summed E-state index contributed by atoms with van der Waals surface area (Å²) in [5.74, 6) is 0.737. The second-order valence-corrected chi connectivity index (χ2v) is 10.1. The van der Waals surface area contributed by atoms with Crippen LogP contribution in [0.2, 0.25) is 0 Å². The summed E-state index contributed by atoms with van der Waals surface area (Å²) in [6.45, 7) is 13.0. The fourth-order valence-corrected chi connectivity index (χ4v) is 6.14. The summed E-state index contributed by atoms with van der Waals surface area (Å²) in [5, 5.41) is 12.7. The molecule has 2 aliphatic rings. The van der Waals surface area contributed by atoms with Gasteiger partial charge in [0.15, 0.2) is 5.17 Å². The first kappa shape index (κ1) is 20.9. The lowest BCUT2D eigenvalue weighted by molar-refractivity contribution is 0.0838. The van der Waals surface area contributed by atoms with E-state index in [9.17, 15) is 4.79 Å². The molecule has 2 aliphatic heterocycles. The molecule has 1 aromatic rings. The predicted octanol–water partition coefficient (Wildman–Crippen LogP) is 3.71. The van der Waals surface area contributed by atoms with E-state index in [0.29, 0.717) is 22.5 Å². The Morgan fingerprint density at radius 1 is 1.29 bits per heavy atom. The van der Waals surface area contributed by atoms with Crippen molar-refractivity contribution in [3.8, 4) is 5.75 Å². The molecule has 0 spiro atoms. The minimum atomic E-state index is -0.0359. The number of fused-ring (bicyclic) bond motifs is 1. The normalized spacial score (nSPS) is 22.0. The number of amidine groups is 1. The third-order valence-electron chi connectivity index (χ3n) is 5.20. The van der Waals surface area contributed by atoms with E-state index in [1.54, 1.807) is 23.8 Å². The van der Waals surface area contributed by atoms with E-state index in [2.05, 4.69) is 49.9 Å². The van der Waals surface area contributed by atoms with Gasteiger partial charge in [-0.1, -0.05) is 11.8 Å². The van der Waals surface area contributed by atoms with E-state index < -0.39 is 0 Å². The maximum absolute atomic E-state index is 13.1. The van der Waals surface area contributed by atoms with Crippen LogP contribution in [0.25, 0.3) is 0 Å². The van der Waals surface area contributed by atoms with Crippen molar-refractivity contribution in [1.82, 2.24) is 10.2 Å². The molecule has 2 heterocycles. The van der Waals surface area contributed by atoms with E-state index in [4.69, 9.17) is 4.74 Å². The van der Waals surface area contributed by atoms with Crippen LogP contribution in [0.5, 0.6) is 5.75 Å². The monoisotopic (exact) mass is 402 g/mol. The molecular weight excluding hydrogens is 372 g/mol. The Labute approximate surface area is 171 Å². The zero-order chi connectivity index (χ0) is 20.5. The average molecular weight is 403 g/mol. The topological polar surface area (TPSA) is 66.3 Å². The fraction of sp³-hybridized carbons (Fsp3) is 0.571. The van der Waals surface area contributed by atoms with Crippen LogP contribution in [0.4, 0.5) is 0 Å². The molecule has 0 bridgehead atoms. The summed E-state index contributed by atoms with van der Waals surface area (Å²) in [6.07, 6.45) is 2.75. The van der Waals surface area contributed by atoms with E-state index >= 15 is 0 Å². The molecule has 1 amide bonds. The van der Waals surface area contributed by atoms with Crippen molar-refractivity contribution in [2.45, 2.75) is 63.3 Å². The van der Waals surface area contributed by atoms with Gasteiger partial charge in [-0.25, -0.2) is 0 Å². The maximum atomic E-state index is 13.1. The lowest BCUT2D eigenvalue weighted by atomic mass is 9.82. The van der Waals surface area contributed by atoms with Crippen LogP contribution in [0.3, 0.4) is 0 Å². The van der Waals surface area contributed by atoms with Gasteiger partial charge in [-0.05, 0) is 70.7 Å². The Morgan fingerprint density at radius 3 is 2.57 bits per heavy atom. The predicted molar refractivity (Wildman–Crippen MR) is 117 cm³/mol. The molecule has 0 aliphatic carbocycles. The molecule has 28 heavy (non-hydrogen) atoms. The highest BCUT2D eigenvalue weighted by Crippen LogP contribution is 2.37. The lowest BCUT2D eigenvalue weighted by Crippen LogP contribution is -2.59. The number of benzene rings is 1. The van der Waals surface area contributed by atoms with Gasteiger partial charge in [0.2, 0.25) is 0 Å². The minimum Gasteiger partial charge on any atom is -0.497 e. The quantitative estimate of drug-likeness (QED) is 0.475. The number of nitrogens with one attached hydrogen (secondary N) is 1. The smallest absolute Gasteiger partial charge is 0.260 e. The van der Waals surface area contributed by atoms with Gasteiger partial charge in [-0.3, -0.25) is 9.69 Å². The van der Waals surface area contributed by atoms with Crippen molar-refractivity contribution in [2.75, 3.05) is 13.7 Å². The molecule has 1 N–H and O–H groups in total. The number of methoxy groups -OCH3 is 1. The van der Waals surface area contributed by atoms with Gasteiger partial charge in [0.1, 0.15) is 5.75 Å². The Hall–Kier alpha value is -1.86. The number of amides is 1. The van der Waals surface area contributed by atoms with Crippen molar-refractivity contribution < 1.29 is 9.53 Å². The van der Waals surface area contributed by atoms with Crippen LogP contribution in [0.15, 0.2) is 28.4 Å². The SMILES string of the molecule is C=N/N=C(\SC1CC(C)(C)NC(C)(C)C1)N1CCc2cc(OC)ccc2C1=O. The highest BCUT2D eigenvalue weighted by molar-refractivity contribution is 8.14. The Morgan fingerprint density at radius 2 is 1.96 bits per heavy atom. The van der Waals surface area contributed by atoms with E-state index in [0.717, 1.165) is 30.6 Å². The molecule has 3 rings (SSSR count). The number of hydrogen-bond donors (Lipinski definition) is 1. The summed E-state index contributed by atoms with van der Waals surface area (Å²) in [4.78, 5) is 14.9. The van der Waals surface area contributed by atoms with Gasteiger partial charge < -0.3 is 10.1 Å². The van der Waals surface area contributed by atoms with Crippen LogP contribution in [0, 0.1) is 0 Å². The lowest BCUT2D eigenvalue weighted by Gasteiger charge is -2.46. The van der Waals surface area contributed by atoms with Gasteiger partial charge in [-0.2, -0.15) is 5.10 Å². The number of nitrogens with zero attached hydrogens (tertiary/aromatic N) is 3. The first-order valence-electron chi connectivity index (χ1n) is 9.62. The number of ether oxygens (including phenoxy) is 1. The summed E-state index contributed by atoms with van der Waals surface area (Å²) < 4.78 is 5.29.